The van der Waals surface area contributed by atoms with E-state index in [0.717, 1.165) is 6.42 Å². The van der Waals surface area contributed by atoms with Crippen LogP contribution in [-0.4, -0.2) is 36.1 Å². The number of amides is 1. The number of nitrogens with zero attached hydrogens (tertiary/aromatic N) is 1. The van der Waals surface area contributed by atoms with Gasteiger partial charge in [-0.15, -0.1) is 0 Å². The van der Waals surface area contributed by atoms with E-state index in [1.54, 1.807) is 12.2 Å². The van der Waals surface area contributed by atoms with Crippen LogP contribution in [-0.2, 0) is 9.53 Å². The number of ether oxygens (including phenoxy) is 1. The predicted molar refractivity (Wildman–Crippen MR) is 56.0 cm³/mol. The lowest BCUT2D eigenvalue weighted by atomic mass is 10.1. The van der Waals surface area contributed by atoms with Crippen LogP contribution >= 0.6 is 0 Å². The Morgan fingerprint density at radius 1 is 1.64 bits per heavy atom. The van der Waals surface area contributed by atoms with Crippen molar-refractivity contribution in [2.24, 2.45) is 0 Å². The van der Waals surface area contributed by atoms with Crippen molar-refractivity contribution in [2.75, 3.05) is 13.2 Å². The Morgan fingerprint density at radius 3 is 2.93 bits per heavy atom. The molecule has 0 aromatic carbocycles. The van der Waals surface area contributed by atoms with E-state index in [1.807, 2.05) is 18.7 Å². The Hall–Kier alpha value is -0.830. The van der Waals surface area contributed by atoms with Gasteiger partial charge in [-0.1, -0.05) is 13.0 Å². The highest BCUT2D eigenvalue weighted by Crippen LogP contribution is 2.14. The van der Waals surface area contributed by atoms with Gasteiger partial charge >= 0.3 is 0 Å². The fourth-order valence-electron chi connectivity index (χ4n) is 1.69. The zero-order valence-corrected chi connectivity index (χ0v) is 9.19. The first-order valence-electron chi connectivity index (χ1n) is 5.24. The fraction of sp³-hybridized carbons (Fsp3) is 0.727. The lowest BCUT2D eigenvalue weighted by molar-refractivity contribution is -0.139. The summed E-state index contributed by atoms with van der Waals surface area (Å²) in [6.07, 6.45) is 4.53. The Balaban J connectivity index is 2.65. The average Bonchev–Trinajstić information content (AvgIpc) is 2.18. The third-order valence-corrected chi connectivity index (χ3v) is 2.53. The molecule has 0 radical (unpaired) electrons. The summed E-state index contributed by atoms with van der Waals surface area (Å²) in [4.78, 5) is 13.6. The standard InChI is InChI=1S/C11H19NO2/c1-4-6-11(13)12-7-9(3)14-8-10(12)5-2/h4,6,9-10H,5,7-8H2,1-3H3. The Morgan fingerprint density at radius 2 is 2.36 bits per heavy atom. The highest BCUT2D eigenvalue weighted by molar-refractivity contribution is 5.87. The van der Waals surface area contributed by atoms with Crippen LogP contribution < -0.4 is 0 Å². The molecule has 1 rings (SSSR count). The molecule has 1 saturated heterocycles. The summed E-state index contributed by atoms with van der Waals surface area (Å²) in [6, 6.07) is 0.245. The summed E-state index contributed by atoms with van der Waals surface area (Å²) in [5.74, 6) is 0.106. The van der Waals surface area contributed by atoms with Crippen LogP contribution in [0.3, 0.4) is 0 Å². The molecule has 3 nitrogen and oxygen atoms in total. The average molecular weight is 197 g/mol. The minimum absolute atomic E-state index is 0.106. The van der Waals surface area contributed by atoms with E-state index < -0.39 is 0 Å². The van der Waals surface area contributed by atoms with Gasteiger partial charge in [-0.05, 0) is 26.3 Å². The van der Waals surface area contributed by atoms with E-state index in [1.165, 1.54) is 0 Å². The third-order valence-electron chi connectivity index (χ3n) is 2.53. The van der Waals surface area contributed by atoms with Crippen LogP contribution in [0.1, 0.15) is 27.2 Å². The van der Waals surface area contributed by atoms with Crippen molar-refractivity contribution in [1.29, 1.82) is 0 Å². The van der Waals surface area contributed by atoms with Gasteiger partial charge in [0.2, 0.25) is 5.91 Å². The molecule has 0 aromatic rings. The fourth-order valence-corrected chi connectivity index (χ4v) is 1.69. The molecule has 0 aliphatic carbocycles. The normalized spacial score (nSPS) is 28.4. The zero-order chi connectivity index (χ0) is 10.6. The SMILES string of the molecule is CC=CC(=O)N1CC(C)OCC1CC. The summed E-state index contributed by atoms with van der Waals surface area (Å²) >= 11 is 0. The quantitative estimate of drug-likeness (QED) is 0.629. The number of rotatable bonds is 2. The lowest BCUT2D eigenvalue weighted by Gasteiger charge is -2.37. The molecular formula is C11H19NO2. The van der Waals surface area contributed by atoms with Gasteiger partial charge < -0.3 is 9.64 Å². The van der Waals surface area contributed by atoms with Gasteiger partial charge in [-0.3, -0.25) is 4.79 Å². The second-order valence-corrected chi connectivity index (χ2v) is 3.70. The number of carbonyl (C=O) groups is 1. The van der Waals surface area contributed by atoms with Gasteiger partial charge in [0.1, 0.15) is 0 Å². The van der Waals surface area contributed by atoms with Crippen LogP contribution in [0, 0.1) is 0 Å². The number of hydrogen-bond acceptors (Lipinski definition) is 2. The van der Waals surface area contributed by atoms with Crippen LogP contribution in [0.4, 0.5) is 0 Å². The summed E-state index contributed by atoms with van der Waals surface area (Å²) in [7, 11) is 0. The number of carbonyl (C=O) groups excluding carboxylic acids is 1. The maximum Gasteiger partial charge on any atom is 0.246 e. The van der Waals surface area contributed by atoms with Crippen LogP contribution in [0.5, 0.6) is 0 Å². The largest absolute Gasteiger partial charge is 0.375 e. The molecule has 2 atom stereocenters. The molecule has 2 unspecified atom stereocenters. The maximum absolute atomic E-state index is 11.7. The minimum Gasteiger partial charge on any atom is -0.375 e. The zero-order valence-electron chi connectivity index (χ0n) is 9.19. The second-order valence-electron chi connectivity index (χ2n) is 3.70. The summed E-state index contributed by atoms with van der Waals surface area (Å²) in [6.45, 7) is 7.33. The molecule has 0 saturated carbocycles. The van der Waals surface area contributed by atoms with Crippen LogP contribution in [0.15, 0.2) is 12.2 Å². The number of morpholine rings is 1. The first-order chi connectivity index (χ1) is 6.69. The number of hydrogen-bond donors (Lipinski definition) is 0. The second kappa shape index (κ2) is 5.15. The molecule has 1 amide bonds. The Labute approximate surface area is 85.7 Å². The van der Waals surface area contributed by atoms with Gasteiger partial charge in [-0.2, -0.15) is 0 Å². The predicted octanol–water partition coefficient (Wildman–Crippen LogP) is 1.59. The van der Waals surface area contributed by atoms with Crippen molar-refractivity contribution in [3.63, 3.8) is 0 Å². The summed E-state index contributed by atoms with van der Waals surface area (Å²) in [5, 5.41) is 0. The van der Waals surface area contributed by atoms with E-state index in [4.69, 9.17) is 4.74 Å². The first kappa shape index (κ1) is 11.2. The molecule has 80 valence electrons. The molecular weight excluding hydrogens is 178 g/mol. The van der Waals surface area contributed by atoms with Crippen molar-refractivity contribution < 1.29 is 9.53 Å². The van der Waals surface area contributed by atoms with Crippen molar-refractivity contribution >= 4 is 5.91 Å². The smallest absolute Gasteiger partial charge is 0.246 e. The molecule has 1 aliphatic heterocycles. The topological polar surface area (TPSA) is 29.5 Å². The molecule has 0 bridgehead atoms. The Bertz CT molecular complexity index is 225. The molecule has 1 heterocycles. The van der Waals surface area contributed by atoms with Crippen molar-refractivity contribution in [3.8, 4) is 0 Å². The molecule has 0 spiro atoms. The van der Waals surface area contributed by atoms with Crippen molar-refractivity contribution in [1.82, 2.24) is 4.90 Å². The summed E-state index contributed by atoms with van der Waals surface area (Å²) < 4.78 is 5.52. The molecule has 1 fully saturated rings. The maximum atomic E-state index is 11.7. The highest BCUT2D eigenvalue weighted by atomic mass is 16.5. The van der Waals surface area contributed by atoms with Crippen molar-refractivity contribution in [2.45, 2.75) is 39.3 Å². The lowest BCUT2D eigenvalue weighted by Crippen LogP contribution is -2.50. The molecule has 0 N–H and O–H groups in total. The van der Waals surface area contributed by atoms with E-state index in [0.29, 0.717) is 13.2 Å². The number of allylic oxidation sites excluding steroid dienone is 1. The van der Waals surface area contributed by atoms with E-state index in [9.17, 15) is 4.79 Å². The van der Waals surface area contributed by atoms with E-state index in [2.05, 4.69) is 6.92 Å². The van der Waals surface area contributed by atoms with Gasteiger partial charge in [0, 0.05) is 6.54 Å². The monoisotopic (exact) mass is 197 g/mol. The van der Waals surface area contributed by atoms with Gasteiger partial charge in [0.05, 0.1) is 18.8 Å². The van der Waals surface area contributed by atoms with Gasteiger partial charge in [-0.25, -0.2) is 0 Å². The van der Waals surface area contributed by atoms with E-state index in [-0.39, 0.29) is 18.1 Å². The third kappa shape index (κ3) is 2.58. The van der Waals surface area contributed by atoms with Gasteiger partial charge in [0.15, 0.2) is 0 Å². The molecule has 3 heteroatoms. The molecule has 14 heavy (non-hydrogen) atoms. The minimum atomic E-state index is 0.106. The highest BCUT2D eigenvalue weighted by Gasteiger charge is 2.27. The Kier molecular flexibility index (Phi) is 4.14. The van der Waals surface area contributed by atoms with Crippen molar-refractivity contribution in [3.05, 3.63) is 12.2 Å². The van der Waals surface area contributed by atoms with Gasteiger partial charge in [0.25, 0.3) is 0 Å². The molecule has 1 aliphatic rings. The van der Waals surface area contributed by atoms with Crippen LogP contribution in [0.25, 0.3) is 0 Å². The van der Waals surface area contributed by atoms with Crippen LogP contribution in [0.2, 0.25) is 0 Å². The van der Waals surface area contributed by atoms with E-state index >= 15 is 0 Å². The first-order valence-corrected chi connectivity index (χ1v) is 5.24. The molecule has 0 aromatic heterocycles. The summed E-state index contributed by atoms with van der Waals surface area (Å²) in [5.41, 5.74) is 0.